The zero-order valence-corrected chi connectivity index (χ0v) is 9.87. The molecular formula is C9H15ClN2S. The second-order valence-electron chi connectivity index (χ2n) is 2.91. The van der Waals surface area contributed by atoms with E-state index in [-0.39, 0.29) is 0 Å². The number of aromatic nitrogens is 1. The van der Waals surface area contributed by atoms with Gasteiger partial charge in [-0.2, -0.15) is 0 Å². The highest BCUT2D eigenvalue weighted by Gasteiger charge is 2.09. The molecule has 4 heteroatoms. The monoisotopic (exact) mass is 218 g/mol. The Balaban J connectivity index is 2.78. The molecule has 0 saturated heterocycles. The average Bonchev–Trinajstić information content (AvgIpc) is 2.43. The molecule has 0 amide bonds. The van der Waals surface area contributed by atoms with Crippen LogP contribution in [0.5, 0.6) is 0 Å². The standard InChI is InChI=1S/C9H15ClN2S/c1-4-12(6-5-10)9-11-7(2)8(3)13-9/h4-6H2,1-3H3. The predicted molar refractivity (Wildman–Crippen MR) is 60.2 cm³/mol. The number of thiazole rings is 1. The lowest BCUT2D eigenvalue weighted by atomic mass is 10.4. The molecule has 0 N–H and O–H groups in total. The number of nitrogens with zero attached hydrogens (tertiary/aromatic N) is 2. The maximum atomic E-state index is 5.71. The van der Waals surface area contributed by atoms with Crippen molar-refractivity contribution in [2.45, 2.75) is 20.8 Å². The van der Waals surface area contributed by atoms with Crippen molar-refractivity contribution in [1.29, 1.82) is 0 Å². The van der Waals surface area contributed by atoms with Crippen molar-refractivity contribution in [2.75, 3.05) is 23.9 Å². The topological polar surface area (TPSA) is 16.1 Å². The molecule has 0 radical (unpaired) electrons. The number of rotatable bonds is 4. The second kappa shape index (κ2) is 4.82. The first-order valence-electron chi connectivity index (χ1n) is 4.44. The summed E-state index contributed by atoms with van der Waals surface area (Å²) < 4.78 is 0. The largest absolute Gasteiger partial charge is 0.347 e. The Morgan fingerprint density at radius 1 is 1.46 bits per heavy atom. The van der Waals surface area contributed by atoms with Gasteiger partial charge in [-0.3, -0.25) is 0 Å². The molecule has 74 valence electrons. The highest BCUT2D eigenvalue weighted by molar-refractivity contribution is 7.15. The van der Waals surface area contributed by atoms with Gasteiger partial charge in [0.2, 0.25) is 0 Å². The molecular weight excluding hydrogens is 204 g/mol. The van der Waals surface area contributed by atoms with Crippen LogP contribution in [0.4, 0.5) is 5.13 Å². The summed E-state index contributed by atoms with van der Waals surface area (Å²) in [6.07, 6.45) is 0. The van der Waals surface area contributed by atoms with E-state index in [1.165, 1.54) is 4.88 Å². The Hall–Kier alpha value is -0.280. The van der Waals surface area contributed by atoms with Crippen molar-refractivity contribution in [3.8, 4) is 0 Å². The first-order valence-corrected chi connectivity index (χ1v) is 5.79. The van der Waals surface area contributed by atoms with Crippen molar-refractivity contribution in [2.24, 2.45) is 0 Å². The highest BCUT2D eigenvalue weighted by atomic mass is 35.5. The zero-order chi connectivity index (χ0) is 9.84. The van der Waals surface area contributed by atoms with Crippen molar-refractivity contribution in [1.82, 2.24) is 4.98 Å². The molecule has 1 rings (SSSR count). The predicted octanol–water partition coefficient (Wildman–Crippen LogP) is 2.83. The lowest BCUT2D eigenvalue weighted by Gasteiger charge is -2.17. The second-order valence-corrected chi connectivity index (χ2v) is 4.47. The van der Waals surface area contributed by atoms with Gasteiger partial charge in [-0.15, -0.1) is 22.9 Å². The number of anilines is 1. The molecule has 13 heavy (non-hydrogen) atoms. The van der Waals surface area contributed by atoms with Gasteiger partial charge >= 0.3 is 0 Å². The van der Waals surface area contributed by atoms with Gasteiger partial charge < -0.3 is 4.90 Å². The van der Waals surface area contributed by atoms with Crippen LogP contribution >= 0.6 is 22.9 Å². The third kappa shape index (κ3) is 2.58. The number of hydrogen-bond donors (Lipinski definition) is 0. The van der Waals surface area contributed by atoms with Crippen molar-refractivity contribution >= 4 is 28.1 Å². The summed E-state index contributed by atoms with van der Waals surface area (Å²) in [7, 11) is 0. The SMILES string of the molecule is CCN(CCCl)c1nc(C)c(C)s1. The molecule has 0 bridgehead atoms. The Labute approximate surface area is 88.5 Å². The molecule has 1 aromatic heterocycles. The third-order valence-corrected chi connectivity index (χ3v) is 3.33. The van der Waals surface area contributed by atoms with Crippen LogP contribution in [0.15, 0.2) is 0 Å². The molecule has 0 spiro atoms. The Kier molecular flexibility index (Phi) is 4.00. The zero-order valence-electron chi connectivity index (χ0n) is 8.30. The van der Waals surface area contributed by atoms with E-state index >= 15 is 0 Å². The van der Waals surface area contributed by atoms with Crippen LogP contribution in [-0.4, -0.2) is 24.0 Å². The normalized spacial score (nSPS) is 10.5. The van der Waals surface area contributed by atoms with Crippen LogP contribution in [0.2, 0.25) is 0 Å². The number of hydrogen-bond acceptors (Lipinski definition) is 3. The molecule has 0 atom stereocenters. The quantitative estimate of drug-likeness (QED) is 0.723. The van der Waals surface area contributed by atoms with Crippen LogP contribution in [-0.2, 0) is 0 Å². The van der Waals surface area contributed by atoms with Gasteiger partial charge in [0.05, 0.1) is 5.69 Å². The van der Waals surface area contributed by atoms with Crippen LogP contribution in [0.1, 0.15) is 17.5 Å². The summed E-state index contributed by atoms with van der Waals surface area (Å²) in [6, 6.07) is 0. The fourth-order valence-electron chi connectivity index (χ4n) is 1.08. The molecule has 0 aromatic carbocycles. The Bertz CT molecular complexity index is 253. The molecule has 0 unspecified atom stereocenters. The van der Waals surface area contributed by atoms with Gasteiger partial charge in [-0.25, -0.2) is 4.98 Å². The first-order chi connectivity index (χ1) is 6.19. The third-order valence-electron chi connectivity index (χ3n) is 2.02. The lowest BCUT2D eigenvalue weighted by molar-refractivity contribution is 0.861. The lowest BCUT2D eigenvalue weighted by Crippen LogP contribution is -2.24. The molecule has 1 heterocycles. The fourth-order valence-corrected chi connectivity index (χ4v) is 2.29. The van der Waals surface area contributed by atoms with Crippen LogP contribution in [0.3, 0.4) is 0 Å². The van der Waals surface area contributed by atoms with Crippen LogP contribution in [0.25, 0.3) is 0 Å². The first kappa shape index (κ1) is 10.8. The van der Waals surface area contributed by atoms with Crippen LogP contribution in [0, 0.1) is 13.8 Å². The maximum absolute atomic E-state index is 5.71. The molecule has 0 fully saturated rings. The summed E-state index contributed by atoms with van der Waals surface area (Å²) in [5, 5.41) is 1.10. The molecule has 0 aliphatic carbocycles. The van der Waals surface area contributed by atoms with Gasteiger partial charge in [0.25, 0.3) is 0 Å². The van der Waals surface area contributed by atoms with E-state index in [0.717, 1.165) is 23.9 Å². The summed E-state index contributed by atoms with van der Waals surface area (Å²) in [5.41, 5.74) is 1.13. The van der Waals surface area contributed by atoms with E-state index < -0.39 is 0 Å². The van der Waals surface area contributed by atoms with E-state index in [4.69, 9.17) is 11.6 Å². The molecule has 1 aromatic rings. The minimum Gasteiger partial charge on any atom is -0.347 e. The van der Waals surface area contributed by atoms with E-state index in [1.54, 1.807) is 11.3 Å². The van der Waals surface area contributed by atoms with Crippen molar-refractivity contribution in [3.63, 3.8) is 0 Å². The van der Waals surface area contributed by atoms with Gasteiger partial charge in [-0.05, 0) is 20.8 Å². The Morgan fingerprint density at radius 3 is 2.54 bits per heavy atom. The number of halogens is 1. The van der Waals surface area contributed by atoms with Crippen LogP contribution < -0.4 is 4.90 Å². The smallest absolute Gasteiger partial charge is 0.185 e. The molecule has 0 aliphatic rings. The fraction of sp³-hybridized carbons (Fsp3) is 0.667. The van der Waals surface area contributed by atoms with E-state index in [0.29, 0.717) is 5.88 Å². The highest BCUT2D eigenvalue weighted by Crippen LogP contribution is 2.24. The minimum absolute atomic E-state index is 0.658. The summed E-state index contributed by atoms with van der Waals surface area (Å²) in [5.74, 6) is 0.658. The van der Waals surface area contributed by atoms with Gasteiger partial charge in [-0.1, -0.05) is 0 Å². The van der Waals surface area contributed by atoms with Gasteiger partial charge in [0.15, 0.2) is 5.13 Å². The molecule has 0 aliphatic heterocycles. The minimum atomic E-state index is 0.658. The number of alkyl halides is 1. The molecule has 2 nitrogen and oxygen atoms in total. The van der Waals surface area contributed by atoms with Crippen molar-refractivity contribution < 1.29 is 0 Å². The summed E-state index contributed by atoms with van der Waals surface area (Å²) in [4.78, 5) is 7.99. The van der Waals surface area contributed by atoms with Gasteiger partial charge in [0.1, 0.15) is 0 Å². The van der Waals surface area contributed by atoms with E-state index in [1.807, 2.05) is 6.92 Å². The molecule has 0 saturated carbocycles. The number of aryl methyl sites for hydroxylation is 2. The van der Waals surface area contributed by atoms with Gasteiger partial charge in [0, 0.05) is 23.8 Å². The van der Waals surface area contributed by atoms with E-state index in [2.05, 4.69) is 23.7 Å². The van der Waals surface area contributed by atoms with E-state index in [9.17, 15) is 0 Å². The average molecular weight is 219 g/mol. The Morgan fingerprint density at radius 2 is 2.15 bits per heavy atom. The summed E-state index contributed by atoms with van der Waals surface area (Å²) in [6.45, 7) is 8.12. The van der Waals surface area contributed by atoms with Crippen molar-refractivity contribution in [3.05, 3.63) is 10.6 Å². The summed E-state index contributed by atoms with van der Waals surface area (Å²) >= 11 is 7.45. The maximum Gasteiger partial charge on any atom is 0.185 e.